The van der Waals surface area contributed by atoms with E-state index < -0.39 is 16.1 Å². The van der Waals surface area contributed by atoms with Crippen molar-refractivity contribution in [1.82, 2.24) is 10.2 Å². The molecule has 0 saturated heterocycles. The van der Waals surface area contributed by atoms with Crippen LogP contribution in [0, 0.1) is 0 Å². The molecule has 11 heteroatoms. The molecule has 0 spiro atoms. The van der Waals surface area contributed by atoms with Gasteiger partial charge in [-0.25, -0.2) is 8.42 Å². The number of nitrogens with zero attached hydrogens (tertiary/aromatic N) is 2. The minimum absolute atomic E-state index is 0.0223. The van der Waals surface area contributed by atoms with E-state index in [2.05, 4.69) is 5.32 Å². The fraction of sp³-hybridized carbons (Fsp3) is 0.355. The van der Waals surface area contributed by atoms with Crippen molar-refractivity contribution in [3.05, 3.63) is 99.0 Å². The maximum atomic E-state index is 13.9. The van der Waals surface area contributed by atoms with E-state index >= 15 is 0 Å². The summed E-state index contributed by atoms with van der Waals surface area (Å²) in [5, 5.41) is 4.21. The Hall–Kier alpha value is -2.78. The van der Waals surface area contributed by atoms with E-state index in [1.807, 2.05) is 37.3 Å². The lowest BCUT2D eigenvalue weighted by molar-refractivity contribution is -0.141. The van der Waals surface area contributed by atoms with Crippen molar-refractivity contribution < 1.29 is 18.0 Å². The van der Waals surface area contributed by atoms with Crippen LogP contribution in [0.4, 0.5) is 5.69 Å². The highest BCUT2D eigenvalue weighted by Crippen LogP contribution is 2.25. The highest BCUT2D eigenvalue weighted by molar-refractivity contribution is 7.92. The molecular formula is C31H36Cl3N3O4S. The smallest absolute Gasteiger partial charge is 0.243 e. The second kappa shape index (κ2) is 16.2. The van der Waals surface area contributed by atoms with Crippen molar-refractivity contribution in [2.75, 3.05) is 23.7 Å². The van der Waals surface area contributed by atoms with Crippen molar-refractivity contribution in [3.8, 4) is 0 Å². The van der Waals surface area contributed by atoms with Gasteiger partial charge in [0, 0.05) is 37.5 Å². The van der Waals surface area contributed by atoms with Gasteiger partial charge >= 0.3 is 0 Å². The summed E-state index contributed by atoms with van der Waals surface area (Å²) < 4.78 is 26.4. The molecule has 226 valence electrons. The average molecular weight is 653 g/mol. The van der Waals surface area contributed by atoms with Crippen LogP contribution in [0.1, 0.15) is 43.7 Å². The van der Waals surface area contributed by atoms with Gasteiger partial charge in [-0.3, -0.25) is 13.9 Å². The summed E-state index contributed by atoms with van der Waals surface area (Å²) in [6.45, 7) is 2.75. The molecule has 0 saturated carbocycles. The van der Waals surface area contributed by atoms with Crippen LogP contribution in [0.3, 0.4) is 0 Å². The molecule has 0 aliphatic heterocycles. The molecule has 3 aromatic carbocycles. The zero-order valence-electron chi connectivity index (χ0n) is 23.7. The number of halogens is 3. The molecule has 0 heterocycles. The molecule has 2 amide bonds. The molecule has 0 fully saturated rings. The van der Waals surface area contributed by atoms with Gasteiger partial charge in [-0.15, -0.1) is 0 Å². The van der Waals surface area contributed by atoms with Crippen LogP contribution in [-0.2, 0) is 32.6 Å². The van der Waals surface area contributed by atoms with Crippen LogP contribution in [0.2, 0.25) is 15.1 Å². The third kappa shape index (κ3) is 10.2. The average Bonchev–Trinajstić information content (AvgIpc) is 2.95. The summed E-state index contributed by atoms with van der Waals surface area (Å²) in [5.74, 6) is -0.531. The second-order valence-corrected chi connectivity index (χ2v) is 13.2. The molecule has 0 unspecified atom stereocenters. The summed E-state index contributed by atoms with van der Waals surface area (Å²) in [6, 6.07) is 20.3. The fourth-order valence-corrected chi connectivity index (χ4v) is 5.92. The molecule has 1 atom stereocenters. The van der Waals surface area contributed by atoms with Gasteiger partial charge < -0.3 is 10.2 Å². The number of hydrogen-bond acceptors (Lipinski definition) is 4. The Labute approximate surface area is 263 Å². The predicted molar refractivity (Wildman–Crippen MR) is 172 cm³/mol. The van der Waals surface area contributed by atoms with Crippen molar-refractivity contribution >= 4 is 62.3 Å². The Balaban J connectivity index is 1.88. The van der Waals surface area contributed by atoms with Gasteiger partial charge in [0.25, 0.3) is 0 Å². The maximum absolute atomic E-state index is 13.9. The fourth-order valence-electron chi connectivity index (χ4n) is 4.51. The monoisotopic (exact) mass is 651 g/mol. The molecule has 7 nitrogen and oxygen atoms in total. The van der Waals surface area contributed by atoms with Gasteiger partial charge in [-0.05, 0) is 60.4 Å². The van der Waals surface area contributed by atoms with E-state index in [9.17, 15) is 18.0 Å². The predicted octanol–water partition coefficient (Wildman–Crippen LogP) is 6.75. The molecule has 3 aromatic rings. The number of unbranched alkanes of at least 4 members (excludes halogenated alkanes) is 1. The number of rotatable bonds is 15. The normalized spacial score (nSPS) is 12.0. The molecule has 42 heavy (non-hydrogen) atoms. The van der Waals surface area contributed by atoms with E-state index in [1.165, 1.54) is 4.31 Å². The van der Waals surface area contributed by atoms with Gasteiger partial charge in [0.15, 0.2) is 0 Å². The minimum Gasteiger partial charge on any atom is -0.354 e. The Bertz CT molecular complexity index is 1440. The van der Waals surface area contributed by atoms with E-state index in [0.717, 1.165) is 30.2 Å². The number of sulfonamides is 1. The summed E-state index contributed by atoms with van der Waals surface area (Å²) in [6.07, 6.45) is 3.43. The molecule has 0 radical (unpaired) electrons. The van der Waals surface area contributed by atoms with Gasteiger partial charge in [0.1, 0.15) is 6.04 Å². The Kier molecular flexibility index (Phi) is 13.0. The van der Waals surface area contributed by atoms with Gasteiger partial charge in [-0.2, -0.15) is 0 Å². The lowest BCUT2D eigenvalue weighted by atomic mass is 10.0. The number of anilines is 1. The topological polar surface area (TPSA) is 86.8 Å². The van der Waals surface area contributed by atoms with E-state index in [1.54, 1.807) is 47.4 Å². The quantitative estimate of drug-likeness (QED) is 0.184. The van der Waals surface area contributed by atoms with E-state index in [-0.39, 0.29) is 37.7 Å². The lowest BCUT2D eigenvalue weighted by Crippen LogP contribution is -2.50. The second-order valence-electron chi connectivity index (χ2n) is 10.0. The maximum Gasteiger partial charge on any atom is 0.243 e. The first-order chi connectivity index (χ1) is 20.0. The number of carbonyl (C=O) groups excluding carboxylic acids is 2. The minimum atomic E-state index is -3.62. The van der Waals surface area contributed by atoms with Crippen molar-refractivity contribution in [2.24, 2.45) is 0 Å². The zero-order valence-corrected chi connectivity index (χ0v) is 26.8. The van der Waals surface area contributed by atoms with Crippen LogP contribution in [0.25, 0.3) is 0 Å². The highest BCUT2D eigenvalue weighted by Gasteiger charge is 2.30. The van der Waals surface area contributed by atoms with Crippen LogP contribution >= 0.6 is 34.8 Å². The summed E-state index contributed by atoms with van der Waals surface area (Å²) in [5.41, 5.74) is 2.08. The third-order valence-electron chi connectivity index (χ3n) is 6.70. The van der Waals surface area contributed by atoms with Crippen LogP contribution in [-0.4, -0.2) is 50.5 Å². The third-order valence-corrected chi connectivity index (χ3v) is 8.89. The molecule has 3 rings (SSSR count). The van der Waals surface area contributed by atoms with Crippen molar-refractivity contribution in [2.45, 2.75) is 51.6 Å². The number of amides is 2. The lowest BCUT2D eigenvalue weighted by Gasteiger charge is -2.32. The van der Waals surface area contributed by atoms with Crippen molar-refractivity contribution in [3.63, 3.8) is 0 Å². The Morgan fingerprint density at radius 3 is 2.19 bits per heavy atom. The van der Waals surface area contributed by atoms with Gasteiger partial charge in [0.05, 0.1) is 22.0 Å². The van der Waals surface area contributed by atoms with Crippen LogP contribution in [0.15, 0.2) is 72.8 Å². The number of benzene rings is 3. The molecule has 0 aromatic heterocycles. The largest absolute Gasteiger partial charge is 0.354 e. The van der Waals surface area contributed by atoms with Crippen LogP contribution in [0.5, 0.6) is 0 Å². The number of carbonyl (C=O) groups is 2. The molecular weight excluding hydrogens is 617 g/mol. The SMILES string of the molecule is CCCCNC(=O)[C@H](Cc1ccccc1)N(Cc1ccc(Cl)c(Cl)c1)C(=O)CCCN(c1ccc(Cl)cc1)S(C)(=O)=O. The van der Waals surface area contributed by atoms with E-state index in [4.69, 9.17) is 34.8 Å². The van der Waals surface area contributed by atoms with Gasteiger partial charge in [0.2, 0.25) is 21.8 Å². The van der Waals surface area contributed by atoms with Crippen molar-refractivity contribution in [1.29, 1.82) is 0 Å². The van der Waals surface area contributed by atoms with Gasteiger partial charge in [-0.1, -0.05) is 84.5 Å². The molecule has 0 aliphatic rings. The Morgan fingerprint density at radius 2 is 1.57 bits per heavy atom. The molecule has 0 bridgehead atoms. The summed E-state index contributed by atoms with van der Waals surface area (Å²) in [7, 11) is -3.62. The number of nitrogens with one attached hydrogen (secondary N) is 1. The zero-order chi connectivity index (χ0) is 30.7. The first kappa shape index (κ1) is 33.7. The standard InChI is InChI=1S/C31H36Cl3N3O4S/c1-3-4-18-35-31(39)29(21-23-9-6-5-7-10-23)36(22-24-12-17-27(33)28(34)20-24)30(38)11-8-19-37(42(2,40)41)26-15-13-25(32)14-16-26/h5-7,9-10,12-17,20,29H,3-4,8,11,18-19,21-22H2,1-2H3,(H,35,39)/t29-/m0/s1. The first-order valence-electron chi connectivity index (χ1n) is 13.8. The Morgan fingerprint density at radius 1 is 0.881 bits per heavy atom. The molecule has 0 aliphatic carbocycles. The summed E-state index contributed by atoms with van der Waals surface area (Å²) in [4.78, 5) is 29.0. The van der Waals surface area contributed by atoms with Crippen LogP contribution < -0.4 is 9.62 Å². The highest BCUT2D eigenvalue weighted by atomic mass is 35.5. The van der Waals surface area contributed by atoms with E-state index in [0.29, 0.717) is 33.7 Å². The number of hydrogen-bond donors (Lipinski definition) is 1. The molecule has 1 N–H and O–H groups in total. The summed E-state index contributed by atoms with van der Waals surface area (Å²) >= 11 is 18.4. The first-order valence-corrected chi connectivity index (χ1v) is 16.8.